The van der Waals surface area contributed by atoms with E-state index in [0.717, 1.165) is 37.7 Å². The summed E-state index contributed by atoms with van der Waals surface area (Å²) < 4.78 is 5.62. The molecule has 19 heavy (non-hydrogen) atoms. The SMILES string of the molecule is CCCNCc1occc1CN1CCC(C)CC1C. The van der Waals surface area contributed by atoms with E-state index in [-0.39, 0.29) is 0 Å². The van der Waals surface area contributed by atoms with Crippen LogP contribution < -0.4 is 5.32 Å². The molecule has 1 N–H and O–H groups in total. The summed E-state index contributed by atoms with van der Waals surface area (Å²) >= 11 is 0. The third-order valence-electron chi connectivity index (χ3n) is 4.20. The van der Waals surface area contributed by atoms with Crippen molar-refractivity contribution in [2.45, 2.75) is 59.2 Å². The molecule has 0 bridgehead atoms. The van der Waals surface area contributed by atoms with Gasteiger partial charge in [0.25, 0.3) is 0 Å². The van der Waals surface area contributed by atoms with Crippen LogP contribution in [0.25, 0.3) is 0 Å². The lowest BCUT2D eigenvalue weighted by atomic mass is 9.93. The van der Waals surface area contributed by atoms with Crippen LogP contribution in [-0.4, -0.2) is 24.0 Å². The van der Waals surface area contributed by atoms with Crippen LogP contribution in [0, 0.1) is 5.92 Å². The van der Waals surface area contributed by atoms with Gasteiger partial charge in [-0.15, -0.1) is 0 Å². The smallest absolute Gasteiger partial charge is 0.122 e. The Labute approximate surface area is 117 Å². The second-order valence-electron chi connectivity index (χ2n) is 5.99. The Morgan fingerprint density at radius 1 is 1.42 bits per heavy atom. The fraction of sp³-hybridized carbons (Fsp3) is 0.750. The molecule has 0 radical (unpaired) electrons. The first-order chi connectivity index (χ1) is 9.20. The Balaban J connectivity index is 1.90. The zero-order valence-electron chi connectivity index (χ0n) is 12.6. The first-order valence-corrected chi connectivity index (χ1v) is 7.70. The number of hydrogen-bond acceptors (Lipinski definition) is 3. The molecule has 3 heteroatoms. The van der Waals surface area contributed by atoms with Gasteiger partial charge in [-0.1, -0.05) is 13.8 Å². The summed E-state index contributed by atoms with van der Waals surface area (Å²) in [6.07, 6.45) is 5.64. The standard InChI is InChI=1S/C16H28N2O/c1-4-7-17-11-16-15(6-9-19-16)12-18-8-5-13(2)10-14(18)3/h6,9,13-14,17H,4-5,7-8,10-12H2,1-3H3. The number of rotatable bonds is 6. The van der Waals surface area contributed by atoms with E-state index in [2.05, 4.69) is 37.1 Å². The maximum Gasteiger partial charge on any atom is 0.122 e. The van der Waals surface area contributed by atoms with Crippen molar-refractivity contribution in [1.29, 1.82) is 0 Å². The normalized spacial score (nSPS) is 24.8. The van der Waals surface area contributed by atoms with E-state index in [0.29, 0.717) is 6.04 Å². The summed E-state index contributed by atoms with van der Waals surface area (Å²) in [5, 5.41) is 3.42. The molecule has 0 amide bonds. The van der Waals surface area contributed by atoms with Crippen LogP contribution >= 0.6 is 0 Å². The molecule has 0 saturated carbocycles. The number of furan rings is 1. The van der Waals surface area contributed by atoms with Gasteiger partial charge in [-0.2, -0.15) is 0 Å². The summed E-state index contributed by atoms with van der Waals surface area (Å²) in [7, 11) is 0. The molecule has 0 aromatic carbocycles. The number of nitrogens with one attached hydrogen (secondary N) is 1. The Morgan fingerprint density at radius 2 is 2.26 bits per heavy atom. The Kier molecular flexibility index (Phi) is 5.46. The van der Waals surface area contributed by atoms with Crippen molar-refractivity contribution in [3.05, 3.63) is 23.7 Å². The average Bonchev–Trinajstić information content (AvgIpc) is 2.81. The summed E-state index contributed by atoms with van der Waals surface area (Å²) in [6, 6.07) is 2.82. The molecule has 1 aromatic heterocycles. The number of nitrogens with zero attached hydrogens (tertiary/aromatic N) is 1. The van der Waals surface area contributed by atoms with Crippen molar-refractivity contribution in [1.82, 2.24) is 10.2 Å². The lowest BCUT2D eigenvalue weighted by Crippen LogP contribution is -2.39. The van der Waals surface area contributed by atoms with E-state index in [4.69, 9.17) is 4.42 Å². The number of likely N-dealkylation sites (tertiary alicyclic amines) is 1. The van der Waals surface area contributed by atoms with Crippen molar-refractivity contribution < 1.29 is 4.42 Å². The van der Waals surface area contributed by atoms with Crippen molar-refractivity contribution in [2.75, 3.05) is 13.1 Å². The molecule has 2 heterocycles. The second-order valence-corrected chi connectivity index (χ2v) is 5.99. The molecule has 2 unspecified atom stereocenters. The minimum atomic E-state index is 0.690. The average molecular weight is 264 g/mol. The Bertz CT molecular complexity index is 375. The van der Waals surface area contributed by atoms with Crippen molar-refractivity contribution in [2.24, 2.45) is 5.92 Å². The van der Waals surface area contributed by atoms with E-state index in [1.54, 1.807) is 0 Å². The molecule has 0 aliphatic carbocycles. The van der Waals surface area contributed by atoms with Gasteiger partial charge in [0, 0.05) is 18.2 Å². The number of hydrogen-bond donors (Lipinski definition) is 1. The topological polar surface area (TPSA) is 28.4 Å². The van der Waals surface area contributed by atoms with E-state index in [1.165, 1.54) is 24.9 Å². The van der Waals surface area contributed by atoms with E-state index in [1.807, 2.05) is 6.26 Å². The van der Waals surface area contributed by atoms with Crippen molar-refractivity contribution >= 4 is 0 Å². The van der Waals surface area contributed by atoms with E-state index in [9.17, 15) is 0 Å². The number of piperidine rings is 1. The highest BCUT2D eigenvalue weighted by Gasteiger charge is 2.23. The molecule has 1 fully saturated rings. The van der Waals surface area contributed by atoms with Crippen LogP contribution in [0.15, 0.2) is 16.7 Å². The largest absolute Gasteiger partial charge is 0.468 e. The predicted octanol–water partition coefficient (Wildman–Crippen LogP) is 3.40. The summed E-state index contributed by atoms with van der Waals surface area (Å²) in [6.45, 7) is 11.1. The van der Waals surface area contributed by atoms with Gasteiger partial charge >= 0.3 is 0 Å². The first kappa shape index (κ1) is 14.6. The molecule has 3 nitrogen and oxygen atoms in total. The molecule has 1 aliphatic rings. The molecule has 2 atom stereocenters. The highest BCUT2D eigenvalue weighted by molar-refractivity contribution is 5.17. The van der Waals surface area contributed by atoms with Crippen molar-refractivity contribution in [3.8, 4) is 0 Å². The van der Waals surface area contributed by atoms with Gasteiger partial charge in [0.15, 0.2) is 0 Å². The van der Waals surface area contributed by atoms with Crippen LogP contribution in [0.1, 0.15) is 51.4 Å². The summed E-state index contributed by atoms with van der Waals surface area (Å²) in [4.78, 5) is 2.59. The molecule has 108 valence electrons. The highest BCUT2D eigenvalue weighted by atomic mass is 16.3. The van der Waals surface area contributed by atoms with Gasteiger partial charge in [-0.25, -0.2) is 0 Å². The molecule has 1 aliphatic heterocycles. The third-order valence-corrected chi connectivity index (χ3v) is 4.20. The maximum atomic E-state index is 5.62. The minimum absolute atomic E-state index is 0.690. The van der Waals surface area contributed by atoms with E-state index >= 15 is 0 Å². The van der Waals surface area contributed by atoms with Gasteiger partial charge < -0.3 is 9.73 Å². The lowest BCUT2D eigenvalue weighted by Gasteiger charge is -2.36. The summed E-state index contributed by atoms with van der Waals surface area (Å²) in [5.74, 6) is 1.99. The highest BCUT2D eigenvalue weighted by Crippen LogP contribution is 2.24. The Hall–Kier alpha value is -0.800. The quantitative estimate of drug-likeness (QED) is 0.798. The molecular weight excluding hydrogens is 236 g/mol. The molecule has 1 aromatic rings. The third kappa shape index (κ3) is 4.08. The lowest BCUT2D eigenvalue weighted by molar-refractivity contribution is 0.121. The molecule has 1 saturated heterocycles. The van der Waals surface area contributed by atoms with Crippen LogP contribution in [-0.2, 0) is 13.1 Å². The van der Waals surface area contributed by atoms with Crippen LogP contribution in [0.2, 0.25) is 0 Å². The van der Waals surface area contributed by atoms with Crippen molar-refractivity contribution in [3.63, 3.8) is 0 Å². The van der Waals surface area contributed by atoms with Crippen LogP contribution in [0.4, 0.5) is 0 Å². The Morgan fingerprint density at radius 3 is 3.00 bits per heavy atom. The fourth-order valence-corrected chi connectivity index (χ4v) is 2.95. The minimum Gasteiger partial charge on any atom is -0.468 e. The van der Waals surface area contributed by atoms with Gasteiger partial charge in [-0.05, 0) is 51.3 Å². The molecular formula is C16H28N2O. The molecule has 2 rings (SSSR count). The van der Waals surface area contributed by atoms with Gasteiger partial charge in [-0.3, -0.25) is 4.90 Å². The fourth-order valence-electron chi connectivity index (χ4n) is 2.95. The van der Waals surface area contributed by atoms with Gasteiger partial charge in [0.1, 0.15) is 5.76 Å². The molecule has 0 spiro atoms. The first-order valence-electron chi connectivity index (χ1n) is 7.70. The van der Waals surface area contributed by atoms with Crippen LogP contribution in [0.3, 0.4) is 0 Å². The van der Waals surface area contributed by atoms with Crippen LogP contribution in [0.5, 0.6) is 0 Å². The summed E-state index contributed by atoms with van der Waals surface area (Å²) in [5.41, 5.74) is 1.35. The second kappa shape index (κ2) is 7.11. The van der Waals surface area contributed by atoms with Gasteiger partial charge in [0.05, 0.1) is 12.8 Å². The van der Waals surface area contributed by atoms with E-state index < -0.39 is 0 Å². The zero-order chi connectivity index (χ0) is 13.7. The monoisotopic (exact) mass is 264 g/mol. The van der Waals surface area contributed by atoms with Gasteiger partial charge in [0.2, 0.25) is 0 Å². The zero-order valence-corrected chi connectivity index (χ0v) is 12.6. The predicted molar refractivity (Wildman–Crippen MR) is 79.0 cm³/mol. The maximum absolute atomic E-state index is 5.62.